The van der Waals surface area contributed by atoms with Crippen LogP contribution in [0.2, 0.25) is 0 Å². The first-order valence-electron chi connectivity index (χ1n) is 27.4. The molecule has 2 nitrogen and oxygen atoms in total. The summed E-state index contributed by atoms with van der Waals surface area (Å²) in [6.07, 6.45) is -40.8. The number of hydrogen-bond donors (Lipinski definition) is 0. The topological polar surface area (TPSA) is 21.6 Å². The normalized spacial score (nSPS) is 15.3. The van der Waals surface area contributed by atoms with Crippen LogP contribution in [-0.4, -0.2) is 24.7 Å². The summed E-state index contributed by atoms with van der Waals surface area (Å²) in [5.74, 6) is 1.28. The second-order valence-corrected chi connectivity index (χ2v) is 23.6. The molecular weight excluding hydrogens is 1490 g/mol. The molecular formula is C64H48BF24IrNOP-. The van der Waals surface area contributed by atoms with E-state index in [-0.39, 0.29) is 26.1 Å². The Hall–Kier alpha value is -7.05. The van der Waals surface area contributed by atoms with E-state index in [4.69, 9.17) is 9.73 Å². The van der Waals surface area contributed by atoms with Gasteiger partial charge in [-0.15, -0.1) is 0 Å². The van der Waals surface area contributed by atoms with E-state index in [0.717, 1.165) is 11.5 Å². The summed E-state index contributed by atoms with van der Waals surface area (Å²) in [6.45, 7) is 5.08. The first-order valence-corrected chi connectivity index (χ1v) is 28.7. The number of nitrogens with zero attached hydrogens (tertiary/aromatic N) is 1. The summed E-state index contributed by atoms with van der Waals surface area (Å²) < 4.78 is 347. The van der Waals surface area contributed by atoms with Crippen LogP contribution in [0.1, 0.15) is 89.6 Å². The van der Waals surface area contributed by atoms with E-state index in [1.54, 1.807) is 0 Å². The number of hydrogen-bond acceptors (Lipinski definition) is 2. The average molecular weight is 1540 g/mol. The van der Waals surface area contributed by atoms with E-state index in [9.17, 15) is 105 Å². The molecule has 29 heteroatoms. The van der Waals surface area contributed by atoms with E-state index in [2.05, 4.69) is 123 Å². The molecule has 0 amide bonds. The van der Waals surface area contributed by atoms with E-state index < -0.39 is 203 Å². The summed E-state index contributed by atoms with van der Waals surface area (Å²) >= 11 is 0. The fraction of sp³-hybridized carbons (Fsp3) is 0.266. The van der Waals surface area contributed by atoms with Crippen LogP contribution in [0, 0.1) is 5.92 Å². The molecule has 9 rings (SSSR count). The quantitative estimate of drug-likeness (QED) is 0.0611. The standard InChI is InChI=1S/C32H12BF24.C24H24NOP.C8H12.Ir/c34-25(35,36)13-1-14(26(37,38)39)6-21(5-13)33(22-7-15(27(40,41)42)2-16(8-22)28(43,44)45,23-9-17(29(46,47)48)3-18(10-23)30(49,50)51)24-11-19(31(52,53)54)4-20(12-24)32(55,56)57;1-18(2)22-17-26-24(25-22)21-15-9-10-16-23(21)27(19-11-5-3-6-12-19)20-13-7-4-8-14-20;1-2-4-6-8-7-5-3-1;/h1-12H;3-16,18,22H,17H2,1-2H3;1-2,7-8H,3-6H2;/q-1;;;. The molecule has 1 aliphatic carbocycles. The Morgan fingerprint density at radius 1 is 0.366 bits per heavy atom. The van der Waals surface area contributed by atoms with Crippen molar-refractivity contribution in [1.29, 1.82) is 0 Å². The number of allylic oxidation sites excluding steroid dienone is 4. The fourth-order valence-corrected chi connectivity index (χ4v) is 12.7. The van der Waals surface area contributed by atoms with Crippen LogP contribution in [0.5, 0.6) is 0 Å². The third kappa shape index (κ3) is 18.7. The van der Waals surface area contributed by atoms with Crippen molar-refractivity contribution in [3.8, 4) is 0 Å². The molecule has 1 unspecified atom stereocenters. The maximum atomic E-state index is 14.2. The number of benzene rings is 7. The number of ether oxygens (including phenoxy) is 1. The molecule has 0 fully saturated rings. The summed E-state index contributed by atoms with van der Waals surface area (Å²) in [5, 5.41) is 3.98. The molecule has 7 aromatic rings. The van der Waals surface area contributed by atoms with Crippen molar-refractivity contribution < 1.29 is 130 Å². The SMILES string of the molecule is C1=CCCC=CCC1.CC(C)C1COC(c2ccccc2P(c2ccccc2)c2ccccc2)=N1.FC(F)(F)c1cc([B-](c2cc(C(F)(F)F)cc(C(F)(F)F)c2)(c2cc(C(F)(F)F)cc(C(F)(F)F)c2)c2cc(C(F)(F)F)cc(C(F)(F)F)c2)cc(C(F)(F)F)c1.[Ir]. The number of rotatable bonds is 9. The maximum absolute atomic E-state index is 14.2. The van der Waals surface area contributed by atoms with Gasteiger partial charge in [0.25, 0.3) is 0 Å². The van der Waals surface area contributed by atoms with Crippen molar-refractivity contribution in [3.63, 3.8) is 0 Å². The third-order valence-corrected chi connectivity index (χ3v) is 17.1. The van der Waals surface area contributed by atoms with Crippen LogP contribution < -0.4 is 37.8 Å². The van der Waals surface area contributed by atoms with E-state index in [1.807, 2.05) is 0 Å². The Balaban J connectivity index is 0.000000310. The first kappa shape index (κ1) is 75.0. The molecule has 7 aromatic carbocycles. The Kier molecular flexibility index (Phi) is 23.3. The first-order chi connectivity index (χ1) is 42.5. The summed E-state index contributed by atoms with van der Waals surface area (Å²) in [5.41, 5.74) is -29.1. The molecule has 1 heterocycles. The zero-order valence-corrected chi connectivity index (χ0v) is 51.1. The van der Waals surface area contributed by atoms with Gasteiger partial charge in [-0.25, -0.2) is 4.99 Å². The molecule has 1 atom stereocenters. The minimum absolute atomic E-state index is 0. The van der Waals surface area contributed by atoms with Crippen molar-refractivity contribution in [1.82, 2.24) is 0 Å². The van der Waals surface area contributed by atoms with E-state index in [1.165, 1.54) is 41.6 Å². The third-order valence-electron chi connectivity index (χ3n) is 14.6. The molecule has 0 saturated heterocycles. The van der Waals surface area contributed by atoms with E-state index >= 15 is 0 Å². The summed E-state index contributed by atoms with van der Waals surface area (Å²) in [6, 6.07) is 21.5. The van der Waals surface area contributed by atoms with Crippen molar-refractivity contribution in [2.45, 2.75) is 95.0 Å². The maximum Gasteiger partial charge on any atom is 0.416 e. The Bertz CT molecular complexity index is 3270. The molecule has 1 radical (unpaired) electrons. The van der Waals surface area contributed by atoms with Crippen molar-refractivity contribution >= 4 is 57.7 Å². The van der Waals surface area contributed by atoms with Crippen LogP contribution in [-0.2, 0) is 74.3 Å². The zero-order chi connectivity index (χ0) is 68.2. The second kappa shape index (κ2) is 28.9. The van der Waals surface area contributed by atoms with Crippen LogP contribution in [0.3, 0.4) is 0 Å². The molecule has 0 aromatic heterocycles. The Labute approximate surface area is 530 Å². The minimum Gasteiger partial charge on any atom is -0.475 e. The molecule has 0 N–H and O–H groups in total. The molecule has 2 aliphatic rings. The van der Waals surface area contributed by atoms with Gasteiger partial charge in [-0.3, -0.25) is 0 Å². The molecule has 501 valence electrons. The van der Waals surface area contributed by atoms with Gasteiger partial charge in [0.05, 0.1) is 50.5 Å². The zero-order valence-electron chi connectivity index (χ0n) is 47.8. The van der Waals surface area contributed by atoms with Gasteiger partial charge in [0.1, 0.15) is 12.8 Å². The van der Waals surface area contributed by atoms with Crippen LogP contribution in [0.25, 0.3) is 0 Å². The number of aliphatic imine (C=N–C) groups is 1. The molecule has 1 aliphatic heterocycles. The van der Waals surface area contributed by atoms with Gasteiger partial charge in [-0.2, -0.15) is 127 Å². The van der Waals surface area contributed by atoms with Crippen molar-refractivity contribution in [3.05, 3.63) is 232 Å². The van der Waals surface area contributed by atoms with Gasteiger partial charge in [-0.1, -0.05) is 166 Å². The molecule has 93 heavy (non-hydrogen) atoms. The average Bonchev–Trinajstić information content (AvgIpc) is 0.989. The number of halogens is 24. The summed E-state index contributed by atoms with van der Waals surface area (Å²) in [7, 11) is -0.673. The van der Waals surface area contributed by atoms with Crippen molar-refractivity contribution in [2.24, 2.45) is 10.9 Å². The molecule has 0 bridgehead atoms. The van der Waals surface area contributed by atoms with Gasteiger partial charge in [0.2, 0.25) is 5.90 Å². The molecule has 0 spiro atoms. The van der Waals surface area contributed by atoms with Crippen molar-refractivity contribution in [2.75, 3.05) is 6.61 Å². The largest absolute Gasteiger partial charge is 0.475 e. The van der Waals surface area contributed by atoms with Crippen LogP contribution in [0.4, 0.5) is 105 Å². The molecule has 0 saturated carbocycles. The van der Waals surface area contributed by atoms with Gasteiger partial charge in [-0.05, 0) is 85.8 Å². The Morgan fingerprint density at radius 3 is 0.849 bits per heavy atom. The van der Waals surface area contributed by atoms with Gasteiger partial charge in [0.15, 0.2) is 0 Å². The monoisotopic (exact) mass is 1540 g/mol. The van der Waals surface area contributed by atoms with Gasteiger partial charge in [0, 0.05) is 25.7 Å². The fourth-order valence-electron chi connectivity index (χ4n) is 10.2. The van der Waals surface area contributed by atoms with E-state index in [0.29, 0.717) is 12.5 Å². The predicted octanol–water partition coefficient (Wildman–Crippen LogP) is 18.1. The summed E-state index contributed by atoms with van der Waals surface area (Å²) in [4.78, 5) is 4.89. The smallest absolute Gasteiger partial charge is 0.416 e. The minimum atomic E-state index is -6.13. The predicted molar refractivity (Wildman–Crippen MR) is 303 cm³/mol. The van der Waals surface area contributed by atoms with Gasteiger partial charge >= 0.3 is 49.4 Å². The number of alkyl halides is 24. The van der Waals surface area contributed by atoms with Crippen LogP contribution in [0.15, 0.2) is 187 Å². The van der Waals surface area contributed by atoms with Crippen LogP contribution >= 0.6 is 7.92 Å². The second-order valence-electron chi connectivity index (χ2n) is 21.4. The van der Waals surface area contributed by atoms with Gasteiger partial charge < -0.3 is 4.74 Å². The Morgan fingerprint density at radius 2 is 0.613 bits per heavy atom.